The Morgan fingerprint density at radius 3 is 2.00 bits per heavy atom. The van der Waals surface area contributed by atoms with Gasteiger partial charge in [0.05, 0.1) is 6.67 Å². The highest BCUT2D eigenvalue weighted by Crippen LogP contribution is 1.98. The number of hydrogen-bond acceptors (Lipinski definition) is 2. The van der Waals surface area contributed by atoms with E-state index in [2.05, 4.69) is 23.8 Å². The second-order valence-corrected chi connectivity index (χ2v) is 2.43. The van der Waals surface area contributed by atoms with E-state index in [1.54, 1.807) is 0 Å². The topological polar surface area (TPSA) is 6.48 Å². The molecule has 1 saturated heterocycles. The summed E-state index contributed by atoms with van der Waals surface area (Å²) >= 11 is 0. The van der Waals surface area contributed by atoms with Gasteiger partial charge in [0.15, 0.2) is 0 Å². The number of likely N-dealkylation sites (N-methyl/N-ethyl adjacent to an activating group) is 2. The van der Waals surface area contributed by atoms with Crippen molar-refractivity contribution in [1.82, 2.24) is 9.80 Å². The van der Waals surface area contributed by atoms with Crippen LogP contribution in [0.25, 0.3) is 0 Å². The van der Waals surface area contributed by atoms with Crippen molar-refractivity contribution < 1.29 is 0 Å². The first-order valence-electron chi connectivity index (χ1n) is 4.24. The maximum Gasteiger partial charge on any atom is 0.0504 e. The van der Waals surface area contributed by atoms with Crippen molar-refractivity contribution in [2.75, 3.05) is 33.4 Å². The van der Waals surface area contributed by atoms with E-state index in [1.165, 1.54) is 19.6 Å². The molecule has 1 aliphatic rings. The average Bonchev–Trinajstić information content (AvgIpc) is 2.40. The highest BCUT2D eigenvalue weighted by Gasteiger charge is 2.12. The fraction of sp³-hybridized carbons (Fsp3) is 1.00. The molecule has 0 bridgehead atoms. The summed E-state index contributed by atoms with van der Waals surface area (Å²) in [6.07, 6.45) is 0. The molecule has 0 N–H and O–H groups in total. The fourth-order valence-corrected chi connectivity index (χ4v) is 1.05. The van der Waals surface area contributed by atoms with Gasteiger partial charge in [-0.15, -0.1) is 0 Å². The summed E-state index contributed by atoms with van der Waals surface area (Å²) in [6, 6.07) is 0. The van der Waals surface area contributed by atoms with E-state index in [9.17, 15) is 0 Å². The van der Waals surface area contributed by atoms with E-state index >= 15 is 0 Å². The van der Waals surface area contributed by atoms with Crippen LogP contribution in [-0.2, 0) is 0 Å². The molecule has 0 aromatic heterocycles. The van der Waals surface area contributed by atoms with Crippen LogP contribution in [0, 0.1) is 0 Å². The predicted molar refractivity (Wildman–Crippen MR) is 46.1 cm³/mol. The Bertz CT molecular complexity index is 73.7. The zero-order valence-corrected chi connectivity index (χ0v) is 7.72. The standard InChI is InChI=1S/C6H14N2.C2H6/c1-3-8-5-4-7(2)6-8;1-2/h3-6H2,1-2H3;1-2H3. The Balaban J connectivity index is 0.000000371. The Labute approximate surface area is 64.8 Å². The normalized spacial score (nSPS) is 20.4. The molecule has 0 saturated carbocycles. The SMILES string of the molecule is CC.CCN1CCN(C)C1. The van der Waals surface area contributed by atoms with Gasteiger partial charge in [0.1, 0.15) is 0 Å². The molecule has 2 heteroatoms. The molecule has 0 aromatic rings. The zero-order valence-electron chi connectivity index (χ0n) is 7.72. The van der Waals surface area contributed by atoms with E-state index in [0.29, 0.717) is 0 Å². The maximum absolute atomic E-state index is 2.43. The second-order valence-electron chi connectivity index (χ2n) is 2.43. The maximum atomic E-state index is 2.43. The third-order valence-electron chi connectivity index (χ3n) is 1.69. The smallest absolute Gasteiger partial charge is 0.0504 e. The molecule has 10 heavy (non-hydrogen) atoms. The molecule has 1 fully saturated rings. The Morgan fingerprint density at radius 1 is 1.20 bits per heavy atom. The molecular weight excluding hydrogens is 124 g/mol. The molecule has 0 unspecified atom stereocenters. The summed E-state index contributed by atoms with van der Waals surface area (Å²) in [5, 5.41) is 0. The summed E-state index contributed by atoms with van der Waals surface area (Å²) in [5.74, 6) is 0. The van der Waals surface area contributed by atoms with Crippen LogP contribution in [0.4, 0.5) is 0 Å². The molecule has 0 spiro atoms. The van der Waals surface area contributed by atoms with Crippen LogP contribution in [0.3, 0.4) is 0 Å². The summed E-state index contributed by atoms with van der Waals surface area (Å²) in [7, 11) is 2.16. The molecule has 0 radical (unpaired) electrons. The van der Waals surface area contributed by atoms with Gasteiger partial charge in [0.2, 0.25) is 0 Å². The zero-order chi connectivity index (χ0) is 7.98. The Kier molecular flexibility index (Phi) is 5.64. The van der Waals surface area contributed by atoms with Crippen LogP contribution in [0.1, 0.15) is 20.8 Å². The lowest BCUT2D eigenvalue weighted by Crippen LogP contribution is -2.22. The van der Waals surface area contributed by atoms with Crippen molar-refractivity contribution in [2.24, 2.45) is 0 Å². The molecular formula is C8H20N2. The number of rotatable bonds is 1. The quantitative estimate of drug-likeness (QED) is 0.546. The lowest BCUT2D eigenvalue weighted by molar-refractivity contribution is 0.286. The second kappa shape index (κ2) is 5.69. The van der Waals surface area contributed by atoms with Crippen molar-refractivity contribution in [3.05, 3.63) is 0 Å². The first kappa shape index (κ1) is 9.92. The van der Waals surface area contributed by atoms with Gasteiger partial charge in [-0.05, 0) is 13.6 Å². The monoisotopic (exact) mass is 144 g/mol. The fourth-order valence-electron chi connectivity index (χ4n) is 1.05. The molecule has 0 aromatic carbocycles. The molecule has 0 aliphatic carbocycles. The van der Waals surface area contributed by atoms with Crippen LogP contribution in [0.2, 0.25) is 0 Å². The summed E-state index contributed by atoms with van der Waals surface area (Å²) < 4.78 is 0. The minimum absolute atomic E-state index is 1.16. The van der Waals surface area contributed by atoms with Crippen LogP contribution in [0.15, 0.2) is 0 Å². The van der Waals surface area contributed by atoms with Crippen LogP contribution in [-0.4, -0.2) is 43.2 Å². The molecule has 0 amide bonds. The Morgan fingerprint density at radius 2 is 1.80 bits per heavy atom. The third kappa shape index (κ3) is 3.18. The van der Waals surface area contributed by atoms with Crippen LogP contribution >= 0.6 is 0 Å². The molecule has 0 atom stereocenters. The molecule has 1 rings (SSSR count). The van der Waals surface area contributed by atoms with E-state index in [-0.39, 0.29) is 0 Å². The van der Waals surface area contributed by atoms with Gasteiger partial charge in [-0.2, -0.15) is 0 Å². The van der Waals surface area contributed by atoms with Crippen molar-refractivity contribution in [3.8, 4) is 0 Å². The van der Waals surface area contributed by atoms with E-state index in [4.69, 9.17) is 0 Å². The molecule has 2 nitrogen and oxygen atoms in total. The van der Waals surface area contributed by atoms with Gasteiger partial charge in [0.25, 0.3) is 0 Å². The molecule has 1 heterocycles. The van der Waals surface area contributed by atoms with E-state index in [1.807, 2.05) is 13.8 Å². The van der Waals surface area contributed by atoms with Gasteiger partial charge in [-0.1, -0.05) is 20.8 Å². The molecule has 1 aliphatic heterocycles. The molecule has 62 valence electrons. The summed E-state index contributed by atoms with van der Waals surface area (Å²) in [5.41, 5.74) is 0. The van der Waals surface area contributed by atoms with Gasteiger partial charge in [0, 0.05) is 13.1 Å². The largest absolute Gasteiger partial charge is 0.292 e. The number of hydrogen-bond donors (Lipinski definition) is 0. The third-order valence-corrected chi connectivity index (χ3v) is 1.69. The van der Waals surface area contributed by atoms with E-state index < -0.39 is 0 Å². The van der Waals surface area contributed by atoms with Gasteiger partial charge < -0.3 is 0 Å². The minimum Gasteiger partial charge on any atom is -0.292 e. The van der Waals surface area contributed by atoms with Crippen molar-refractivity contribution >= 4 is 0 Å². The van der Waals surface area contributed by atoms with Crippen LogP contribution < -0.4 is 0 Å². The summed E-state index contributed by atoms with van der Waals surface area (Å²) in [6.45, 7) is 11.1. The van der Waals surface area contributed by atoms with E-state index in [0.717, 1.165) is 6.67 Å². The average molecular weight is 144 g/mol. The highest BCUT2D eigenvalue weighted by molar-refractivity contribution is 4.65. The van der Waals surface area contributed by atoms with Crippen molar-refractivity contribution in [2.45, 2.75) is 20.8 Å². The Hall–Kier alpha value is -0.0800. The van der Waals surface area contributed by atoms with Gasteiger partial charge in [-0.3, -0.25) is 9.80 Å². The predicted octanol–water partition coefficient (Wildman–Crippen LogP) is 1.24. The van der Waals surface area contributed by atoms with Gasteiger partial charge >= 0.3 is 0 Å². The summed E-state index contributed by atoms with van der Waals surface area (Å²) in [4.78, 5) is 4.77. The van der Waals surface area contributed by atoms with Crippen LogP contribution in [0.5, 0.6) is 0 Å². The lowest BCUT2D eigenvalue weighted by Gasteiger charge is -2.10. The first-order valence-corrected chi connectivity index (χ1v) is 4.24. The van der Waals surface area contributed by atoms with Crippen molar-refractivity contribution in [1.29, 1.82) is 0 Å². The van der Waals surface area contributed by atoms with Crippen molar-refractivity contribution in [3.63, 3.8) is 0 Å². The minimum atomic E-state index is 1.16. The highest BCUT2D eigenvalue weighted by atomic mass is 15.4. The number of nitrogens with zero attached hydrogens (tertiary/aromatic N) is 2. The van der Waals surface area contributed by atoms with Gasteiger partial charge in [-0.25, -0.2) is 0 Å². The first-order chi connectivity index (χ1) is 4.83. The lowest BCUT2D eigenvalue weighted by atomic mass is 10.6.